The van der Waals surface area contributed by atoms with Crippen LogP contribution in [0.25, 0.3) is 9.40 Å². The molecular weight excluding hydrogens is 270 g/mol. The van der Waals surface area contributed by atoms with Gasteiger partial charge in [-0.1, -0.05) is 23.7 Å². The van der Waals surface area contributed by atoms with E-state index in [4.69, 9.17) is 17.3 Å². The van der Waals surface area contributed by atoms with E-state index in [2.05, 4.69) is 17.5 Å². The largest absolute Gasteiger partial charge is 0.320 e. The van der Waals surface area contributed by atoms with Gasteiger partial charge < -0.3 is 5.73 Å². The zero-order valence-electron chi connectivity index (χ0n) is 8.89. The topological polar surface area (TPSA) is 26.0 Å². The molecule has 0 spiro atoms. The van der Waals surface area contributed by atoms with E-state index in [0.717, 1.165) is 10.6 Å². The Morgan fingerprint density at radius 3 is 2.53 bits per heavy atom. The summed E-state index contributed by atoms with van der Waals surface area (Å²) in [6, 6.07) is 12.0. The van der Waals surface area contributed by atoms with Crippen molar-refractivity contribution in [3.05, 3.63) is 57.2 Å². The van der Waals surface area contributed by atoms with Crippen LogP contribution in [0.3, 0.4) is 0 Å². The van der Waals surface area contributed by atoms with Crippen LogP contribution in [0.4, 0.5) is 0 Å². The van der Waals surface area contributed by atoms with Crippen LogP contribution < -0.4 is 5.73 Å². The normalized spacial score (nSPS) is 13.1. The van der Waals surface area contributed by atoms with Crippen molar-refractivity contribution in [1.82, 2.24) is 0 Å². The summed E-state index contributed by atoms with van der Waals surface area (Å²) in [5, 5.41) is 2.85. The molecule has 3 rings (SSSR count). The molecular formula is C13H10ClNS2. The molecule has 0 saturated carbocycles. The Morgan fingerprint density at radius 1 is 1.06 bits per heavy atom. The van der Waals surface area contributed by atoms with Gasteiger partial charge in [0.15, 0.2) is 0 Å². The van der Waals surface area contributed by atoms with Gasteiger partial charge in [-0.25, -0.2) is 0 Å². The highest BCUT2D eigenvalue weighted by Gasteiger charge is 2.12. The molecule has 0 radical (unpaired) electrons. The van der Waals surface area contributed by atoms with E-state index in [9.17, 15) is 0 Å². The SMILES string of the molecule is NC(c1ccc(Cl)cc1)c1cc2sccc2s1. The molecule has 0 aliphatic rings. The second-order valence-corrected chi connectivity index (χ2v) is 6.33. The standard InChI is InChI=1S/C13H10ClNS2/c14-9-3-1-8(2-4-9)13(15)12-7-11-10(17-12)5-6-16-11/h1-7,13H,15H2. The number of thiophene rings is 2. The Bertz CT molecular complexity index is 610. The number of halogens is 1. The van der Waals surface area contributed by atoms with Crippen LogP contribution in [-0.2, 0) is 0 Å². The lowest BCUT2D eigenvalue weighted by molar-refractivity contribution is 0.894. The van der Waals surface area contributed by atoms with E-state index in [-0.39, 0.29) is 6.04 Å². The van der Waals surface area contributed by atoms with E-state index in [0.29, 0.717) is 0 Å². The van der Waals surface area contributed by atoms with Crippen molar-refractivity contribution in [1.29, 1.82) is 0 Å². The molecule has 3 aromatic rings. The zero-order valence-corrected chi connectivity index (χ0v) is 11.3. The minimum absolute atomic E-state index is 0.0585. The Morgan fingerprint density at radius 2 is 1.82 bits per heavy atom. The first-order valence-electron chi connectivity index (χ1n) is 5.22. The molecule has 17 heavy (non-hydrogen) atoms. The van der Waals surface area contributed by atoms with Gasteiger partial charge >= 0.3 is 0 Å². The van der Waals surface area contributed by atoms with Gasteiger partial charge in [0.1, 0.15) is 0 Å². The van der Waals surface area contributed by atoms with Crippen molar-refractivity contribution in [3.63, 3.8) is 0 Å². The third kappa shape index (κ3) is 2.11. The van der Waals surface area contributed by atoms with Gasteiger partial charge in [0, 0.05) is 19.3 Å². The van der Waals surface area contributed by atoms with Crippen LogP contribution >= 0.6 is 34.3 Å². The maximum Gasteiger partial charge on any atom is 0.0646 e. The van der Waals surface area contributed by atoms with Gasteiger partial charge in [-0.05, 0) is 35.2 Å². The summed E-state index contributed by atoms with van der Waals surface area (Å²) < 4.78 is 2.63. The maximum absolute atomic E-state index is 6.26. The van der Waals surface area contributed by atoms with Gasteiger partial charge in [-0.3, -0.25) is 0 Å². The van der Waals surface area contributed by atoms with E-state index in [1.54, 1.807) is 22.7 Å². The maximum atomic E-state index is 6.26. The molecule has 0 aliphatic heterocycles. The molecule has 2 heterocycles. The highest BCUT2D eigenvalue weighted by atomic mass is 35.5. The molecule has 1 nitrogen and oxygen atoms in total. The monoisotopic (exact) mass is 279 g/mol. The van der Waals surface area contributed by atoms with Crippen LogP contribution in [0.15, 0.2) is 41.8 Å². The third-order valence-electron chi connectivity index (χ3n) is 2.69. The molecule has 86 valence electrons. The lowest BCUT2D eigenvalue weighted by atomic mass is 10.1. The van der Waals surface area contributed by atoms with Crippen LogP contribution in [0.1, 0.15) is 16.5 Å². The quantitative estimate of drug-likeness (QED) is 0.725. The highest BCUT2D eigenvalue weighted by Crippen LogP contribution is 2.34. The van der Waals surface area contributed by atoms with Crippen LogP contribution in [0.5, 0.6) is 0 Å². The number of hydrogen-bond donors (Lipinski definition) is 1. The van der Waals surface area contributed by atoms with Crippen LogP contribution in [0, 0.1) is 0 Å². The molecule has 0 aliphatic carbocycles. The highest BCUT2D eigenvalue weighted by molar-refractivity contribution is 7.27. The average molecular weight is 280 g/mol. The predicted molar refractivity (Wildman–Crippen MR) is 77.2 cm³/mol. The molecule has 2 N–H and O–H groups in total. The number of rotatable bonds is 2. The Hall–Kier alpha value is -0.870. The van der Waals surface area contributed by atoms with Crippen molar-refractivity contribution >= 4 is 43.7 Å². The lowest BCUT2D eigenvalue weighted by Crippen LogP contribution is -2.09. The molecule has 0 saturated heterocycles. The number of hydrogen-bond acceptors (Lipinski definition) is 3. The first kappa shape index (κ1) is 11.2. The van der Waals surface area contributed by atoms with Crippen molar-refractivity contribution in [2.75, 3.05) is 0 Å². The number of nitrogens with two attached hydrogens (primary N) is 1. The van der Waals surface area contributed by atoms with Crippen LogP contribution in [-0.4, -0.2) is 0 Å². The lowest BCUT2D eigenvalue weighted by Gasteiger charge is -2.09. The molecule has 0 amide bonds. The fourth-order valence-electron chi connectivity index (χ4n) is 1.77. The van der Waals surface area contributed by atoms with Gasteiger partial charge in [-0.15, -0.1) is 22.7 Å². The summed E-state index contributed by atoms with van der Waals surface area (Å²) in [5.41, 5.74) is 7.36. The minimum atomic E-state index is -0.0585. The summed E-state index contributed by atoms with van der Waals surface area (Å²) in [6.45, 7) is 0. The van der Waals surface area contributed by atoms with E-state index >= 15 is 0 Å². The molecule has 0 fully saturated rings. The van der Waals surface area contributed by atoms with Gasteiger partial charge in [-0.2, -0.15) is 0 Å². The Kier molecular flexibility index (Phi) is 2.92. The predicted octanol–water partition coefficient (Wildman–Crippen LogP) is 4.66. The van der Waals surface area contributed by atoms with E-state index in [1.807, 2.05) is 24.3 Å². The molecule has 4 heteroatoms. The summed E-state index contributed by atoms with van der Waals surface area (Å²) in [4.78, 5) is 1.20. The van der Waals surface area contributed by atoms with Crippen molar-refractivity contribution in [2.24, 2.45) is 5.73 Å². The average Bonchev–Trinajstić information content (AvgIpc) is 2.89. The molecule has 1 unspecified atom stereocenters. The molecule has 0 bridgehead atoms. The van der Waals surface area contributed by atoms with E-state index in [1.165, 1.54) is 14.3 Å². The van der Waals surface area contributed by atoms with E-state index < -0.39 is 0 Å². The molecule has 1 atom stereocenters. The zero-order chi connectivity index (χ0) is 11.8. The van der Waals surface area contributed by atoms with Crippen LogP contribution in [0.2, 0.25) is 5.02 Å². The fourth-order valence-corrected chi connectivity index (χ4v) is 4.05. The Balaban J connectivity index is 1.98. The summed E-state index contributed by atoms with van der Waals surface area (Å²) in [5.74, 6) is 0. The molecule has 1 aromatic carbocycles. The first-order chi connectivity index (χ1) is 8.24. The van der Waals surface area contributed by atoms with Gasteiger partial charge in [0.25, 0.3) is 0 Å². The molecule has 2 aromatic heterocycles. The second kappa shape index (κ2) is 4.42. The summed E-state index contributed by atoms with van der Waals surface area (Å²) in [7, 11) is 0. The third-order valence-corrected chi connectivity index (χ3v) is 5.12. The van der Waals surface area contributed by atoms with Crippen molar-refractivity contribution in [3.8, 4) is 0 Å². The van der Waals surface area contributed by atoms with Gasteiger partial charge in [0.2, 0.25) is 0 Å². The minimum Gasteiger partial charge on any atom is -0.320 e. The van der Waals surface area contributed by atoms with Crippen molar-refractivity contribution < 1.29 is 0 Å². The Labute approximate surface area is 112 Å². The van der Waals surface area contributed by atoms with Crippen molar-refractivity contribution in [2.45, 2.75) is 6.04 Å². The second-order valence-electron chi connectivity index (χ2n) is 3.83. The van der Waals surface area contributed by atoms with Gasteiger partial charge in [0.05, 0.1) is 6.04 Å². The first-order valence-corrected chi connectivity index (χ1v) is 7.29. The summed E-state index contributed by atoms with van der Waals surface area (Å²) in [6.07, 6.45) is 0. The fraction of sp³-hybridized carbons (Fsp3) is 0.0769. The summed E-state index contributed by atoms with van der Waals surface area (Å²) >= 11 is 9.39. The number of fused-ring (bicyclic) bond motifs is 1. The smallest absolute Gasteiger partial charge is 0.0646 e. The number of benzene rings is 1.